The molecule has 0 N–H and O–H groups in total. The number of benzene rings is 1. The number of ether oxygens (including phenoxy) is 4. The van der Waals surface area contributed by atoms with Crippen molar-refractivity contribution in [2.45, 2.75) is 182 Å². The van der Waals surface area contributed by atoms with Crippen LogP contribution in [0.3, 0.4) is 0 Å². The van der Waals surface area contributed by atoms with Crippen molar-refractivity contribution in [3.63, 3.8) is 0 Å². The summed E-state index contributed by atoms with van der Waals surface area (Å²) in [6.45, 7) is 14.3. The Bertz CT molecular complexity index is 1280. The van der Waals surface area contributed by atoms with Crippen LogP contribution < -0.4 is 14.4 Å². The molecule has 2 aliphatic rings. The van der Waals surface area contributed by atoms with Crippen molar-refractivity contribution in [1.29, 1.82) is 0 Å². The van der Waals surface area contributed by atoms with Crippen LogP contribution in [0.5, 0.6) is 11.5 Å². The van der Waals surface area contributed by atoms with Crippen LogP contribution >= 0.6 is 0 Å². The average molecular weight is 764 g/mol. The number of methoxy groups -OCH3 is 2. The predicted molar refractivity (Wildman–Crippen MR) is 236 cm³/mol. The summed E-state index contributed by atoms with van der Waals surface area (Å²) < 4.78 is 28.0. The molecular formula is C49H83N2O4+. The Balaban J connectivity index is 1.92. The van der Waals surface area contributed by atoms with Crippen LogP contribution in [0.4, 0.5) is 5.69 Å². The number of anilines is 1. The molecule has 1 aliphatic heterocycles. The fourth-order valence-electron chi connectivity index (χ4n) is 7.92. The molecule has 0 aromatic heterocycles. The van der Waals surface area contributed by atoms with E-state index in [2.05, 4.69) is 67.5 Å². The molecule has 0 saturated carbocycles. The van der Waals surface area contributed by atoms with E-state index in [1.54, 1.807) is 14.2 Å². The Morgan fingerprint density at radius 1 is 0.545 bits per heavy atom. The summed E-state index contributed by atoms with van der Waals surface area (Å²) >= 11 is 0. The second-order valence-corrected chi connectivity index (χ2v) is 16.0. The molecule has 312 valence electrons. The summed E-state index contributed by atoms with van der Waals surface area (Å²) in [4.78, 5) is 2.58. The molecule has 0 saturated heterocycles. The van der Waals surface area contributed by atoms with E-state index < -0.39 is 0 Å². The normalized spacial score (nSPS) is 14.9. The van der Waals surface area contributed by atoms with Gasteiger partial charge in [0.1, 0.15) is 49.3 Å². The molecule has 1 aliphatic carbocycles. The van der Waals surface area contributed by atoms with Crippen LogP contribution in [0.25, 0.3) is 6.08 Å². The zero-order chi connectivity index (χ0) is 39.4. The van der Waals surface area contributed by atoms with Crippen molar-refractivity contribution in [1.82, 2.24) is 0 Å². The second-order valence-electron chi connectivity index (χ2n) is 16.0. The van der Waals surface area contributed by atoms with E-state index in [4.69, 9.17) is 18.9 Å². The molecule has 0 bridgehead atoms. The van der Waals surface area contributed by atoms with Gasteiger partial charge in [-0.2, -0.15) is 0 Å². The minimum absolute atomic E-state index is 0.466. The highest BCUT2D eigenvalue weighted by molar-refractivity contribution is 6.04. The lowest BCUT2D eigenvalue weighted by Crippen LogP contribution is -2.26. The highest BCUT2D eigenvalue weighted by Crippen LogP contribution is 2.40. The fourth-order valence-corrected chi connectivity index (χ4v) is 7.92. The molecule has 0 amide bonds. The minimum Gasteiger partial charge on any atom is -0.496 e. The summed E-state index contributed by atoms with van der Waals surface area (Å²) in [6, 6.07) is 4.48. The van der Waals surface area contributed by atoms with Gasteiger partial charge in [-0.05, 0) is 31.8 Å². The maximum atomic E-state index is 6.54. The van der Waals surface area contributed by atoms with Gasteiger partial charge in [0, 0.05) is 43.8 Å². The molecule has 0 atom stereocenters. The van der Waals surface area contributed by atoms with Crippen molar-refractivity contribution < 1.29 is 23.5 Å². The van der Waals surface area contributed by atoms with Crippen molar-refractivity contribution >= 4 is 17.5 Å². The molecule has 6 heteroatoms. The van der Waals surface area contributed by atoms with E-state index in [0.29, 0.717) is 13.2 Å². The molecule has 0 radical (unpaired) electrons. The Morgan fingerprint density at radius 3 is 1.55 bits per heavy atom. The Morgan fingerprint density at radius 2 is 1.04 bits per heavy atom. The maximum absolute atomic E-state index is 6.54. The van der Waals surface area contributed by atoms with Crippen molar-refractivity contribution in [2.24, 2.45) is 0 Å². The molecule has 55 heavy (non-hydrogen) atoms. The van der Waals surface area contributed by atoms with E-state index >= 15 is 0 Å². The van der Waals surface area contributed by atoms with Gasteiger partial charge in [-0.25, -0.2) is 4.58 Å². The lowest BCUT2D eigenvalue weighted by molar-refractivity contribution is -0.527. The van der Waals surface area contributed by atoms with Gasteiger partial charge in [-0.3, -0.25) is 0 Å². The van der Waals surface area contributed by atoms with Crippen LogP contribution in [0.15, 0.2) is 41.4 Å². The van der Waals surface area contributed by atoms with Crippen LogP contribution in [0.1, 0.15) is 187 Å². The largest absolute Gasteiger partial charge is 0.496 e. The SMILES string of the molecule is CCCCCCCCN(CCCCCCCC)c1cc(OC)c2c(c1)OCCOC1=CC(=[N+](CCCCCCCC)CCCCCCCC)C=C(OC)/C1=C/2. The van der Waals surface area contributed by atoms with Gasteiger partial charge >= 0.3 is 0 Å². The molecule has 1 aromatic rings. The minimum atomic E-state index is 0.466. The van der Waals surface area contributed by atoms with Gasteiger partial charge in [-0.15, -0.1) is 0 Å². The van der Waals surface area contributed by atoms with E-state index in [-0.39, 0.29) is 0 Å². The quantitative estimate of drug-likeness (QED) is 0.0556. The highest BCUT2D eigenvalue weighted by atomic mass is 16.5. The molecule has 0 spiro atoms. The summed E-state index contributed by atoms with van der Waals surface area (Å²) in [7, 11) is 3.57. The van der Waals surface area contributed by atoms with Gasteiger partial charge in [0.15, 0.2) is 0 Å². The van der Waals surface area contributed by atoms with Gasteiger partial charge < -0.3 is 23.8 Å². The average Bonchev–Trinajstić information content (AvgIpc) is 3.29. The summed E-state index contributed by atoms with van der Waals surface area (Å²) in [5.74, 6) is 3.35. The maximum Gasteiger partial charge on any atom is 0.207 e. The third-order valence-electron chi connectivity index (χ3n) is 11.4. The molecule has 0 fully saturated rings. The number of rotatable bonds is 31. The third-order valence-corrected chi connectivity index (χ3v) is 11.4. The van der Waals surface area contributed by atoms with E-state index in [9.17, 15) is 0 Å². The van der Waals surface area contributed by atoms with Gasteiger partial charge in [0.2, 0.25) is 5.71 Å². The molecule has 1 aromatic carbocycles. The van der Waals surface area contributed by atoms with Crippen molar-refractivity contribution in [3.05, 3.63) is 46.9 Å². The van der Waals surface area contributed by atoms with Crippen molar-refractivity contribution in [3.8, 4) is 11.5 Å². The lowest BCUT2D eigenvalue weighted by Gasteiger charge is -2.27. The number of unbranched alkanes of at least 4 members (excludes halogenated alkanes) is 20. The molecular weight excluding hydrogens is 681 g/mol. The Labute approximate surface area is 338 Å². The number of fused-ring (bicyclic) bond motifs is 2. The number of hydrogen-bond donors (Lipinski definition) is 0. The topological polar surface area (TPSA) is 43.2 Å². The first-order valence-corrected chi connectivity index (χ1v) is 23.1. The number of nitrogens with zero attached hydrogens (tertiary/aromatic N) is 2. The van der Waals surface area contributed by atoms with E-state index in [0.717, 1.165) is 60.3 Å². The van der Waals surface area contributed by atoms with Gasteiger partial charge in [-0.1, -0.05) is 143 Å². The lowest BCUT2D eigenvalue weighted by atomic mass is 9.99. The molecule has 3 rings (SSSR count). The first-order valence-electron chi connectivity index (χ1n) is 23.1. The number of allylic oxidation sites excluding steroid dienone is 2. The summed E-state index contributed by atoms with van der Waals surface area (Å²) in [5.41, 5.74) is 4.26. The Hall–Kier alpha value is -2.89. The molecule has 0 unspecified atom stereocenters. The summed E-state index contributed by atoms with van der Waals surface area (Å²) in [5, 5.41) is 0. The van der Waals surface area contributed by atoms with Gasteiger partial charge in [0.25, 0.3) is 0 Å². The van der Waals surface area contributed by atoms with E-state index in [1.165, 1.54) is 165 Å². The van der Waals surface area contributed by atoms with E-state index in [1.807, 2.05) is 0 Å². The highest BCUT2D eigenvalue weighted by Gasteiger charge is 2.27. The third kappa shape index (κ3) is 17.4. The van der Waals surface area contributed by atoms with Crippen LogP contribution in [-0.4, -0.2) is 63.9 Å². The smallest absolute Gasteiger partial charge is 0.207 e. The summed E-state index contributed by atoms with van der Waals surface area (Å²) in [6.07, 6.45) is 37.8. The predicted octanol–water partition coefficient (Wildman–Crippen LogP) is 13.6. The van der Waals surface area contributed by atoms with Crippen LogP contribution in [0, 0.1) is 0 Å². The fraction of sp³-hybridized carbons (Fsp3) is 0.735. The second kappa shape index (κ2) is 29.4. The van der Waals surface area contributed by atoms with Crippen molar-refractivity contribution in [2.75, 3.05) is 58.5 Å². The zero-order valence-electron chi connectivity index (χ0n) is 36.6. The number of hydrogen-bond acceptors (Lipinski definition) is 5. The molecule has 6 nitrogen and oxygen atoms in total. The van der Waals surface area contributed by atoms with Gasteiger partial charge in [0.05, 0.1) is 37.5 Å². The molecule has 1 heterocycles. The van der Waals surface area contributed by atoms with Crippen LogP contribution in [-0.2, 0) is 9.47 Å². The van der Waals surface area contributed by atoms with Crippen LogP contribution in [0.2, 0.25) is 0 Å². The monoisotopic (exact) mass is 764 g/mol. The first kappa shape index (κ1) is 46.5. The Kier molecular flexibility index (Phi) is 24.8. The standard InChI is InChI=1S/C49H83N2O4/c1-7-11-15-19-23-27-31-50(32-28-24-20-16-12-8-2)42-37-46(52-5)44-41-45-47(53-6)38-43(40-49(45)55-36-35-54-48(44)39-42)51(33-29-25-21-17-13-9-3)34-30-26-22-18-14-10-4/h37-41H,7-36H2,1-6H3/q+1. The first-order chi connectivity index (χ1) is 27.1. The zero-order valence-corrected chi connectivity index (χ0v) is 36.6.